The lowest BCUT2D eigenvalue weighted by Gasteiger charge is -2.20. The van der Waals surface area contributed by atoms with Crippen molar-refractivity contribution in [2.24, 2.45) is 22.1 Å². The van der Waals surface area contributed by atoms with E-state index in [1.54, 1.807) is 0 Å². The van der Waals surface area contributed by atoms with Gasteiger partial charge in [0.15, 0.2) is 0 Å². The average Bonchev–Trinajstić information content (AvgIpc) is 2.07. The molecule has 0 bridgehead atoms. The van der Waals surface area contributed by atoms with Gasteiger partial charge < -0.3 is 11.2 Å². The molecule has 0 aliphatic carbocycles. The van der Waals surface area contributed by atoms with E-state index in [-0.39, 0.29) is 5.92 Å². The van der Waals surface area contributed by atoms with Gasteiger partial charge in [-0.15, -0.1) is 5.11 Å². The number of piperidine rings is 1. The summed E-state index contributed by atoms with van der Waals surface area (Å²) >= 11 is 0. The highest BCUT2D eigenvalue weighted by molar-refractivity contribution is 5.82. The fourth-order valence-electron chi connectivity index (χ4n) is 1.23. The van der Waals surface area contributed by atoms with Crippen LogP contribution in [-0.4, -0.2) is 18.9 Å². The zero-order valence-corrected chi connectivity index (χ0v) is 6.38. The highest BCUT2D eigenvalue weighted by Crippen LogP contribution is 2.11. The van der Waals surface area contributed by atoms with Crippen molar-refractivity contribution < 1.29 is 0 Å². The van der Waals surface area contributed by atoms with E-state index < -0.39 is 0 Å². The summed E-state index contributed by atoms with van der Waals surface area (Å²) in [6.07, 6.45) is 2.12. The van der Waals surface area contributed by atoms with Gasteiger partial charge in [0.1, 0.15) is 5.84 Å². The summed E-state index contributed by atoms with van der Waals surface area (Å²) in [4.78, 5) is 0. The van der Waals surface area contributed by atoms with E-state index in [0.29, 0.717) is 5.84 Å². The Morgan fingerprint density at radius 3 is 3.00 bits per heavy atom. The van der Waals surface area contributed by atoms with Crippen molar-refractivity contribution in [3.8, 4) is 0 Å². The van der Waals surface area contributed by atoms with Gasteiger partial charge in [-0.2, -0.15) is 0 Å². The molecule has 0 unspecified atom stereocenters. The molecule has 0 saturated carbocycles. The molecule has 62 valence electrons. The molecule has 1 rings (SSSR count). The molecule has 1 fully saturated rings. The van der Waals surface area contributed by atoms with Crippen LogP contribution in [0.1, 0.15) is 12.8 Å². The van der Waals surface area contributed by atoms with Gasteiger partial charge in [-0.25, -0.2) is 0 Å². The van der Waals surface area contributed by atoms with Crippen LogP contribution in [0.2, 0.25) is 0 Å². The Kier molecular flexibility index (Phi) is 2.97. The van der Waals surface area contributed by atoms with Crippen molar-refractivity contribution in [3.63, 3.8) is 0 Å². The molecular formula is C6H13N5. The third-order valence-electron chi connectivity index (χ3n) is 1.85. The summed E-state index contributed by atoms with van der Waals surface area (Å²) in [5.74, 6) is 5.33. The first-order valence-corrected chi connectivity index (χ1v) is 3.74. The highest BCUT2D eigenvalue weighted by Gasteiger charge is 2.17. The standard InChI is InChI=1S/C6H13N5/c7-6(10-11-8)5-2-1-3-9-4-5/h5,9H,1-4H2,(H3,7,8,10)/t5-/m1/s1. The van der Waals surface area contributed by atoms with Gasteiger partial charge in [-0.05, 0) is 19.4 Å². The third kappa shape index (κ3) is 2.27. The van der Waals surface area contributed by atoms with Gasteiger partial charge >= 0.3 is 0 Å². The van der Waals surface area contributed by atoms with Crippen LogP contribution in [-0.2, 0) is 0 Å². The Hall–Kier alpha value is -0.970. The van der Waals surface area contributed by atoms with Crippen LogP contribution >= 0.6 is 0 Å². The minimum Gasteiger partial charge on any atom is -0.316 e. The second-order valence-electron chi connectivity index (χ2n) is 2.64. The van der Waals surface area contributed by atoms with Gasteiger partial charge in [-0.1, -0.05) is 5.22 Å². The molecule has 1 saturated heterocycles. The second kappa shape index (κ2) is 4.02. The molecule has 1 heterocycles. The molecule has 4 N–H and O–H groups in total. The Morgan fingerprint density at radius 2 is 2.45 bits per heavy atom. The quantitative estimate of drug-likeness (QED) is 0.167. The molecule has 1 aliphatic rings. The Bertz CT molecular complexity index is 158. The first-order chi connectivity index (χ1) is 5.34. The molecule has 11 heavy (non-hydrogen) atoms. The molecule has 0 aromatic heterocycles. The third-order valence-corrected chi connectivity index (χ3v) is 1.85. The van der Waals surface area contributed by atoms with Gasteiger partial charge in [0.05, 0.1) is 0 Å². The zero-order valence-electron chi connectivity index (χ0n) is 6.38. The fraction of sp³-hybridized carbons (Fsp3) is 0.833. The molecule has 1 atom stereocenters. The maximum absolute atomic E-state index is 7.40. The molecular weight excluding hydrogens is 142 g/mol. The number of nitrogens with zero attached hydrogens (tertiary/aromatic N) is 2. The van der Waals surface area contributed by atoms with E-state index in [4.69, 9.17) is 11.3 Å². The van der Waals surface area contributed by atoms with Gasteiger partial charge in [0, 0.05) is 12.5 Å². The summed E-state index contributed by atoms with van der Waals surface area (Å²) in [5, 5.41) is 17.2. The SMILES string of the molecule is N=C(N=NN)[C@@H]1CCCNC1. The van der Waals surface area contributed by atoms with E-state index >= 15 is 0 Å². The number of rotatable bonds is 1. The minimum absolute atomic E-state index is 0.205. The van der Waals surface area contributed by atoms with Crippen LogP contribution in [0.5, 0.6) is 0 Å². The van der Waals surface area contributed by atoms with E-state index in [1.165, 1.54) is 0 Å². The van der Waals surface area contributed by atoms with Crippen molar-refractivity contribution in [1.29, 1.82) is 5.41 Å². The Balaban J connectivity index is 2.38. The first kappa shape index (κ1) is 8.13. The van der Waals surface area contributed by atoms with Crippen molar-refractivity contribution >= 4 is 5.84 Å². The summed E-state index contributed by atoms with van der Waals surface area (Å²) < 4.78 is 0. The van der Waals surface area contributed by atoms with Crippen molar-refractivity contribution in [1.82, 2.24) is 5.32 Å². The lowest BCUT2D eigenvalue weighted by molar-refractivity contribution is 0.453. The topological polar surface area (TPSA) is 86.6 Å². The number of nitrogens with two attached hydrogens (primary N) is 1. The van der Waals surface area contributed by atoms with E-state index in [2.05, 4.69) is 15.7 Å². The van der Waals surface area contributed by atoms with Gasteiger partial charge in [-0.3, -0.25) is 5.41 Å². The van der Waals surface area contributed by atoms with Crippen molar-refractivity contribution in [2.75, 3.05) is 13.1 Å². The lowest BCUT2D eigenvalue weighted by atomic mass is 9.99. The van der Waals surface area contributed by atoms with Gasteiger partial charge in [0.2, 0.25) is 0 Å². The molecule has 0 aromatic rings. The van der Waals surface area contributed by atoms with E-state index in [9.17, 15) is 0 Å². The Morgan fingerprint density at radius 1 is 1.64 bits per heavy atom. The number of nitrogens with one attached hydrogen (secondary N) is 2. The molecule has 0 amide bonds. The molecule has 0 aromatic carbocycles. The monoisotopic (exact) mass is 155 g/mol. The van der Waals surface area contributed by atoms with Gasteiger partial charge in [0.25, 0.3) is 0 Å². The fourth-order valence-corrected chi connectivity index (χ4v) is 1.23. The van der Waals surface area contributed by atoms with E-state index in [1.807, 2.05) is 0 Å². The second-order valence-corrected chi connectivity index (χ2v) is 2.64. The van der Waals surface area contributed by atoms with Crippen LogP contribution in [0.4, 0.5) is 0 Å². The van der Waals surface area contributed by atoms with Crippen LogP contribution in [0.3, 0.4) is 0 Å². The molecule has 0 radical (unpaired) electrons. The molecule has 5 heteroatoms. The van der Waals surface area contributed by atoms with Crippen LogP contribution in [0, 0.1) is 11.3 Å². The maximum atomic E-state index is 7.40. The Labute approximate surface area is 65.6 Å². The predicted octanol–water partition coefficient (Wildman–Crippen LogP) is 0.289. The summed E-state index contributed by atoms with van der Waals surface area (Å²) in [6, 6.07) is 0. The molecule has 5 nitrogen and oxygen atoms in total. The smallest absolute Gasteiger partial charge is 0.149 e. The molecule has 1 aliphatic heterocycles. The van der Waals surface area contributed by atoms with Crippen LogP contribution < -0.4 is 11.2 Å². The zero-order chi connectivity index (χ0) is 8.10. The first-order valence-electron chi connectivity index (χ1n) is 3.74. The van der Waals surface area contributed by atoms with Crippen LogP contribution in [0.25, 0.3) is 0 Å². The number of hydrogen-bond acceptors (Lipinski definition) is 3. The minimum atomic E-state index is 0.205. The van der Waals surface area contributed by atoms with E-state index in [0.717, 1.165) is 25.9 Å². The molecule has 0 spiro atoms. The summed E-state index contributed by atoms with van der Waals surface area (Å²) in [5.41, 5.74) is 0. The lowest BCUT2D eigenvalue weighted by Crippen LogP contribution is -2.33. The highest BCUT2D eigenvalue weighted by atomic mass is 15.3. The maximum Gasteiger partial charge on any atom is 0.149 e. The van der Waals surface area contributed by atoms with Crippen LogP contribution in [0.15, 0.2) is 10.3 Å². The summed E-state index contributed by atoms with van der Waals surface area (Å²) in [6.45, 7) is 1.88. The van der Waals surface area contributed by atoms with Crippen molar-refractivity contribution in [2.45, 2.75) is 12.8 Å². The average molecular weight is 155 g/mol. The number of amidine groups is 1. The predicted molar refractivity (Wildman–Crippen MR) is 42.4 cm³/mol. The largest absolute Gasteiger partial charge is 0.316 e. The summed E-state index contributed by atoms with van der Waals surface area (Å²) in [7, 11) is 0. The normalized spacial score (nSPS) is 25.6. The number of hydrogen-bond donors (Lipinski definition) is 3. The van der Waals surface area contributed by atoms with Crippen molar-refractivity contribution in [3.05, 3.63) is 0 Å².